The molecule has 0 amide bonds. The van der Waals surface area contributed by atoms with Crippen molar-refractivity contribution in [3.63, 3.8) is 0 Å². The number of aromatic nitrogens is 8. The number of fused-ring (bicyclic) bond motifs is 2. The molecule has 232 valence electrons. The highest BCUT2D eigenvalue weighted by atomic mass is 32.2. The summed E-state index contributed by atoms with van der Waals surface area (Å²) in [5, 5.41) is 0.595. The van der Waals surface area contributed by atoms with Crippen LogP contribution in [0.1, 0.15) is 25.2 Å². The molecule has 13 heteroatoms. The highest BCUT2D eigenvalue weighted by molar-refractivity contribution is 7.98. The lowest BCUT2D eigenvalue weighted by Crippen LogP contribution is -1.98. The molecule has 7 rings (SSSR count). The fourth-order valence-corrected chi connectivity index (χ4v) is 5.37. The van der Waals surface area contributed by atoms with Crippen LogP contribution in [0.3, 0.4) is 0 Å². The predicted octanol–water partition coefficient (Wildman–Crippen LogP) is 7.65. The predicted molar refractivity (Wildman–Crippen MR) is 168 cm³/mol. The third-order valence-electron chi connectivity index (χ3n) is 7.19. The Hall–Kier alpha value is -5.17. The van der Waals surface area contributed by atoms with Gasteiger partial charge < -0.3 is 4.40 Å². The lowest BCUT2D eigenvalue weighted by Gasteiger charge is -2.07. The molecule has 0 fully saturated rings. The van der Waals surface area contributed by atoms with Crippen molar-refractivity contribution in [2.24, 2.45) is 0 Å². The fraction of sp³-hybridized carbons (Fsp3) is 0.152. The van der Waals surface area contributed by atoms with E-state index in [9.17, 15) is 17.6 Å². The van der Waals surface area contributed by atoms with Gasteiger partial charge in [0.2, 0.25) is 0 Å². The van der Waals surface area contributed by atoms with Gasteiger partial charge in [0.1, 0.15) is 29.0 Å². The van der Waals surface area contributed by atoms with Gasteiger partial charge in [-0.25, -0.2) is 37.5 Å². The van der Waals surface area contributed by atoms with Crippen molar-refractivity contribution in [3.05, 3.63) is 114 Å². The molecule has 0 radical (unpaired) electrons. The van der Waals surface area contributed by atoms with Gasteiger partial charge >= 0.3 is 0 Å². The van der Waals surface area contributed by atoms with Gasteiger partial charge in [-0.2, -0.15) is 0 Å². The van der Waals surface area contributed by atoms with Gasteiger partial charge in [0.25, 0.3) is 0 Å². The van der Waals surface area contributed by atoms with Gasteiger partial charge in [-0.1, -0.05) is 25.6 Å². The Morgan fingerprint density at radius 1 is 0.674 bits per heavy atom. The molecule has 0 saturated heterocycles. The van der Waals surface area contributed by atoms with E-state index in [0.717, 1.165) is 29.9 Å². The molecular formula is C33H26F4N8S. The quantitative estimate of drug-likeness (QED) is 0.105. The van der Waals surface area contributed by atoms with Crippen LogP contribution < -0.4 is 0 Å². The molecule has 5 heterocycles. The van der Waals surface area contributed by atoms with Crippen LogP contribution in [0, 0.1) is 23.3 Å². The minimum atomic E-state index is -0.676. The molecule has 0 spiro atoms. The van der Waals surface area contributed by atoms with Crippen molar-refractivity contribution in [2.45, 2.75) is 31.8 Å². The van der Waals surface area contributed by atoms with E-state index in [0.29, 0.717) is 45.6 Å². The number of hydrogen-bond donors (Lipinski definition) is 0. The molecule has 0 aliphatic heterocycles. The lowest BCUT2D eigenvalue weighted by atomic mass is 10.1. The third-order valence-corrected chi connectivity index (χ3v) is 7.75. The van der Waals surface area contributed by atoms with Crippen molar-refractivity contribution in [3.8, 4) is 33.9 Å². The van der Waals surface area contributed by atoms with Crippen LogP contribution in [-0.4, -0.2) is 45.0 Å². The van der Waals surface area contributed by atoms with Crippen molar-refractivity contribution < 1.29 is 17.6 Å². The maximum Gasteiger partial charge on any atom is 0.187 e. The van der Waals surface area contributed by atoms with Crippen LogP contribution in [0.5, 0.6) is 0 Å². The van der Waals surface area contributed by atoms with Gasteiger partial charge in [-0.05, 0) is 49.4 Å². The molecule has 8 nitrogen and oxygen atoms in total. The molecule has 0 unspecified atom stereocenters. The van der Waals surface area contributed by atoms with E-state index in [4.69, 9.17) is 0 Å². The van der Waals surface area contributed by atoms with Crippen LogP contribution in [0.4, 0.5) is 17.6 Å². The zero-order chi connectivity index (χ0) is 32.4. The highest BCUT2D eigenvalue weighted by Crippen LogP contribution is 2.34. The van der Waals surface area contributed by atoms with E-state index in [1.165, 1.54) is 36.0 Å². The monoisotopic (exact) mass is 642 g/mol. The summed E-state index contributed by atoms with van der Waals surface area (Å²) in [6.07, 6.45) is 13.5. The summed E-state index contributed by atoms with van der Waals surface area (Å²) in [5.74, 6) is -2.52. The first kappa shape index (κ1) is 30.8. The summed E-state index contributed by atoms with van der Waals surface area (Å²) in [5.41, 5.74) is 5.53. The first-order valence-electron chi connectivity index (χ1n) is 14.3. The zero-order valence-corrected chi connectivity index (χ0v) is 25.7. The maximum atomic E-state index is 14.5. The summed E-state index contributed by atoms with van der Waals surface area (Å²) in [7, 11) is 0. The van der Waals surface area contributed by atoms with E-state index in [2.05, 4.69) is 29.9 Å². The van der Waals surface area contributed by atoms with E-state index < -0.39 is 23.3 Å². The number of halogens is 4. The molecule has 5 aromatic heterocycles. The number of nitrogens with zero attached hydrogens (tertiary/aromatic N) is 8. The first-order chi connectivity index (χ1) is 22.3. The van der Waals surface area contributed by atoms with Crippen molar-refractivity contribution >= 4 is 23.1 Å². The zero-order valence-electron chi connectivity index (χ0n) is 24.9. The maximum absolute atomic E-state index is 14.5. The van der Waals surface area contributed by atoms with Gasteiger partial charge in [0, 0.05) is 60.4 Å². The number of benzene rings is 2. The molecule has 0 aliphatic rings. The Balaban J connectivity index is 0.000000172. The van der Waals surface area contributed by atoms with Crippen molar-refractivity contribution in [1.82, 2.24) is 38.7 Å². The molecule has 0 saturated carbocycles. The van der Waals surface area contributed by atoms with Gasteiger partial charge in [0.05, 0.1) is 28.5 Å². The summed E-state index contributed by atoms with van der Waals surface area (Å²) in [6, 6.07) is 8.70. The molecule has 7 aromatic rings. The Morgan fingerprint density at radius 3 is 1.98 bits per heavy atom. The molecular weight excluding hydrogens is 616 g/mol. The van der Waals surface area contributed by atoms with E-state index >= 15 is 0 Å². The molecule has 2 aromatic carbocycles. The van der Waals surface area contributed by atoms with Gasteiger partial charge in [0.15, 0.2) is 16.5 Å². The summed E-state index contributed by atoms with van der Waals surface area (Å²) in [4.78, 5) is 26.4. The normalized spacial score (nSPS) is 11.2. The lowest BCUT2D eigenvalue weighted by molar-refractivity contribution is 0.584. The molecule has 0 atom stereocenters. The SMILES string of the molecule is CCc1nccn2c(-c3ccnc(SC)n3)c(-c3ccc(F)cc3F)nc12.CCc1nccn2cc(-c3ccc(F)cc3F)nc12. The number of hydrogen-bond acceptors (Lipinski definition) is 7. The summed E-state index contributed by atoms with van der Waals surface area (Å²) in [6.45, 7) is 3.96. The Kier molecular flexibility index (Phi) is 8.75. The van der Waals surface area contributed by atoms with Crippen molar-refractivity contribution in [2.75, 3.05) is 6.26 Å². The smallest absolute Gasteiger partial charge is 0.187 e. The molecule has 46 heavy (non-hydrogen) atoms. The Labute approximate surface area is 265 Å². The average Bonchev–Trinajstić information content (AvgIpc) is 3.67. The second-order valence-electron chi connectivity index (χ2n) is 9.99. The largest absolute Gasteiger partial charge is 0.303 e. The third kappa shape index (κ3) is 5.93. The molecule has 0 N–H and O–H groups in total. The van der Waals surface area contributed by atoms with E-state index in [-0.39, 0.29) is 11.1 Å². The van der Waals surface area contributed by atoms with Crippen LogP contribution >= 0.6 is 11.8 Å². The van der Waals surface area contributed by atoms with Crippen LogP contribution in [0.15, 0.2) is 84.8 Å². The van der Waals surface area contributed by atoms with E-state index in [1.54, 1.807) is 47.6 Å². The molecule has 0 aliphatic carbocycles. The first-order valence-corrected chi connectivity index (χ1v) is 15.5. The minimum Gasteiger partial charge on any atom is -0.303 e. The highest BCUT2D eigenvalue weighted by Gasteiger charge is 2.22. The summed E-state index contributed by atoms with van der Waals surface area (Å²) < 4.78 is 58.2. The minimum absolute atomic E-state index is 0.210. The fourth-order valence-electron chi connectivity index (χ4n) is 5.01. The van der Waals surface area contributed by atoms with Crippen molar-refractivity contribution in [1.29, 1.82) is 0 Å². The molecule has 0 bridgehead atoms. The van der Waals surface area contributed by atoms with Gasteiger partial charge in [-0.3, -0.25) is 14.4 Å². The number of imidazole rings is 2. The van der Waals surface area contributed by atoms with Crippen LogP contribution in [0.25, 0.3) is 45.2 Å². The van der Waals surface area contributed by atoms with Crippen LogP contribution in [-0.2, 0) is 12.8 Å². The van der Waals surface area contributed by atoms with Crippen LogP contribution in [0.2, 0.25) is 0 Å². The topological polar surface area (TPSA) is 86.2 Å². The van der Waals surface area contributed by atoms with Gasteiger partial charge in [-0.15, -0.1) is 0 Å². The average molecular weight is 643 g/mol. The second kappa shape index (κ2) is 13.1. The standard InChI is InChI=1S/C19H15F2N5S.C14H11F2N3/c1-3-14-18-25-16(12-5-4-11(20)10-13(12)21)17(26(18)9-8-22-14)15-6-7-23-19(24-15)27-2;1-2-12-14-18-13(8-19(14)6-5-17-12)10-4-3-9(15)7-11(10)16/h4-10H,3H2,1-2H3;3-8H,2H2,1H3. The summed E-state index contributed by atoms with van der Waals surface area (Å²) >= 11 is 1.41. The number of aryl methyl sites for hydroxylation is 2. The Bertz CT molecular complexity index is 2200. The number of rotatable bonds is 6. The van der Waals surface area contributed by atoms with E-state index in [1.807, 2.05) is 24.5 Å². The Morgan fingerprint density at radius 2 is 1.33 bits per heavy atom. The number of thioether (sulfide) groups is 1. The second-order valence-corrected chi connectivity index (χ2v) is 10.8.